The van der Waals surface area contributed by atoms with Crippen LogP contribution in [0.25, 0.3) is 0 Å². The van der Waals surface area contributed by atoms with Crippen molar-refractivity contribution in [1.82, 2.24) is 0 Å². The molecule has 42 valence electrons. The summed E-state index contributed by atoms with van der Waals surface area (Å²) in [5, 5.41) is 0.0586. The predicted molar refractivity (Wildman–Crippen MR) is 30.1 cm³/mol. The zero-order chi connectivity index (χ0) is 5.28. The van der Waals surface area contributed by atoms with E-state index in [-0.39, 0.29) is 10.8 Å². The molecule has 7 heavy (non-hydrogen) atoms. The largest absolute Gasteiger partial charge is 0.378 e. The van der Waals surface area contributed by atoms with Gasteiger partial charge in [0.05, 0.1) is 24.0 Å². The van der Waals surface area contributed by atoms with Crippen molar-refractivity contribution in [2.24, 2.45) is 0 Å². The van der Waals surface area contributed by atoms with Crippen molar-refractivity contribution in [1.29, 1.82) is 0 Å². The second kappa shape index (κ2) is 2.21. The molecule has 1 saturated heterocycles. The number of alkyl halides is 2. The van der Waals surface area contributed by atoms with Crippen LogP contribution in [-0.4, -0.2) is 24.0 Å². The Hall–Kier alpha value is 0.540. The molecule has 1 rings (SSSR count). The summed E-state index contributed by atoms with van der Waals surface area (Å²) in [5.41, 5.74) is 0. The lowest BCUT2D eigenvalue weighted by molar-refractivity contribution is 0.199. The molecule has 0 spiro atoms. The third kappa shape index (κ3) is 1.21. The number of ether oxygens (including phenoxy) is 1. The molecule has 0 aromatic rings. The van der Waals surface area contributed by atoms with E-state index in [1.165, 1.54) is 0 Å². The third-order valence-corrected chi connectivity index (χ3v) is 1.94. The first-order valence-electron chi connectivity index (χ1n) is 2.16. The molecule has 0 aromatic heterocycles. The van der Waals surface area contributed by atoms with E-state index in [0.29, 0.717) is 13.2 Å². The summed E-state index contributed by atoms with van der Waals surface area (Å²) in [4.78, 5) is 0. The number of halogens is 2. The first-order chi connectivity index (χ1) is 3.30. The van der Waals surface area contributed by atoms with Crippen LogP contribution in [0.1, 0.15) is 0 Å². The Kier molecular flexibility index (Phi) is 1.79. The van der Waals surface area contributed by atoms with Gasteiger partial charge in [0.1, 0.15) is 0 Å². The highest BCUT2D eigenvalue weighted by Crippen LogP contribution is 2.16. The van der Waals surface area contributed by atoms with E-state index < -0.39 is 0 Å². The topological polar surface area (TPSA) is 9.23 Å². The van der Waals surface area contributed by atoms with Crippen molar-refractivity contribution in [3.63, 3.8) is 0 Å². The Labute approximate surface area is 52.5 Å². The van der Waals surface area contributed by atoms with E-state index in [4.69, 9.17) is 27.9 Å². The van der Waals surface area contributed by atoms with Crippen LogP contribution in [0.5, 0.6) is 0 Å². The molecule has 0 aliphatic carbocycles. The molecular weight excluding hydrogens is 135 g/mol. The van der Waals surface area contributed by atoms with Crippen molar-refractivity contribution >= 4 is 23.2 Å². The summed E-state index contributed by atoms with van der Waals surface area (Å²) in [5.74, 6) is 0. The van der Waals surface area contributed by atoms with Crippen LogP contribution in [0.3, 0.4) is 0 Å². The van der Waals surface area contributed by atoms with Crippen molar-refractivity contribution in [2.45, 2.75) is 10.8 Å². The van der Waals surface area contributed by atoms with Crippen LogP contribution < -0.4 is 0 Å². The van der Waals surface area contributed by atoms with Gasteiger partial charge < -0.3 is 4.74 Å². The van der Waals surface area contributed by atoms with E-state index in [1.807, 2.05) is 0 Å². The number of hydrogen-bond acceptors (Lipinski definition) is 1. The SMILES string of the molecule is ClC1COCC1Cl. The fourth-order valence-electron chi connectivity index (χ4n) is 0.502. The molecular formula is C4H6Cl2O. The fourth-order valence-corrected chi connectivity index (χ4v) is 0.826. The summed E-state index contributed by atoms with van der Waals surface area (Å²) in [7, 11) is 0. The lowest BCUT2D eigenvalue weighted by atomic mass is 10.4. The van der Waals surface area contributed by atoms with Crippen molar-refractivity contribution < 1.29 is 4.74 Å². The zero-order valence-electron chi connectivity index (χ0n) is 3.73. The molecule has 0 bridgehead atoms. The maximum absolute atomic E-state index is 5.61. The van der Waals surface area contributed by atoms with Gasteiger partial charge in [0.25, 0.3) is 0 Å². The van der Waals surface area contributed by atoms with Gasteiger partial charge >= 0.3 is 0 Å². The van der Waals surface area contributed by atoms with Crippen LogP contribution in [0.15, 0.2) is 0 Å². The molecule has 0 saturated carbocycles. The molecule has 1 aliphatic rings. The van der Waals surface area contributed by atoms with E-state index in [2.05, 4.69) is 0 Å². The maximum atomic E-state index is 5.61. The molecule has 3 heteroatoms. The van der Waals surface area contributed by atoms with Gasteiger partial charge in [0.15, 0.2) is 0 Å². The first kappa shape index (κ1) is 5.67. The molecule has 1 heterocycles. The van der Waals surface area contributed by atoms with Crippen molar-refractivity contribution in [3.05, 3.63) is 0 Å². The Morgan fingerprint density at radius 3 is 1.71 bits per heavy atom. The van der Waals surface area contributed by atoms with Gasteiger partial charge in [-0.25, -0.2) is 0 Å². The highest BCUT2D eigenvalue weighted by atomic mass is 35.5. The second-order valence-corrected chi connectivity index (χ2v) is 2.69. The molecule has 1 nitrogen and oxygen atoms in total. The third-order valence-electron chi connectivity index (χ3n) is 0.947. The van der Waals surface area contributed by atoms with E-state index >= 15 is 0 Å². The van der Waals surface area contributed by atoms with Gasteiger partial charge in [-0.3, -0.25) is 0 Å². The smallest absolute Gasteiger partial charge is 0.0755 e. The van der Waals surface area contributed by atoms with Crippen LogP contribution in [-0.2, 0) is 4.74 Å². The van der Waals surface area contributed by atoms with Crippen molar-refractivity contribution in [2.75, 3.05) is 13.2 Å². The predicted octanol–water partition coefficient (Wildman–Crippen LogP) is 1.23. The van der Waals surface area contributed by atoms with E-state index in [1.54, 1.807) is 0 Å². The van der Waals surface area contributed by atoms with E-state index in [0.717, 1.165) is 0 Å². The monoisotopic (exact) mass is 140 g/mol. The molecule has 1 aliphatic heterocycles. The molecule has 0 aromatic carbocycles. The van der Waals surface area contributed by atoms with Gasteiger partial charge in [-0.2, -0.15) is 0 Å². The van der Waals surface area contributed by atoms with E-state index in [9.17, 15) is 0 Å². The second-order valence-electron chi connectivity index (χ2n) is 1.57. The highest BCUT2D eigenvalue weighted by molar-refractivity contribution is 6.30. The van der Waals surface area contributed by atoms with Crippen LogP contribution >= 0.6 is 23.2 Å². The normalized spacial score (nSPS) is 42.0. The maximum Gasteiger partial charge on any atom is 0.0755 e. The lowest BCUT2D eigenvalue weighted by Crippen LogP contribution is -2.09. The van der Waals surface area contributed by atoms with Crippen LogP contribution in [0, 0.1) is 0 Å². The van der Waals surface area contributed by atoms with Crippen LogP contribution in [0.2, 0.25) is 0 Å². The first-order valence-corrected chi connectivity index (χ1v) is 3.04. The number of rotatable bonds is 0. The molecule has 0 amide bonds. The standard InChI is InChI=1S/C4H6Cl2O/c5-3-1-7-2-4(3)6/h3-4H,1-2H2. The Morgan fingerprint density at radius 2 is 1.57 bits per heavy atom. The van der Waals surface area contributed by atoms with Gasteiger partial charge in [0.2, 0.25) is 0 Å². The summed E-state index contributed by atoms with van der Waals surface area (Å²) in [6.45, 7) is 1.21. The molecule has 2 unspecified atom stereocenters. The Bertz CT molecular complexity index is 58.7. The summed E-state index contributed by atoms with van der Waals surface area (Å²) in [6, 6.07) is 0. The molecule has 2 atom stereocenters. The molecule has 1 fully saturated rings. The van der Waals surface area contributed by atoms with Gasteiger partial charge in [0, 0.05) is 0 Å². The number of hydrogen-bond donors (Lipinski definition) is 0. The average molecular weight is 141 g/mol. The average Bonchev–Trinajstić information content (AvgIpc) is 1.91. The van der Waals surface area contributed by atoms with Gasteiger partial charge in [-0.05, 0) is 0 Å². The minimum atomic E-state index is 0.0293. The summed E-state index contributed by atoms with van der Waals surface area (Å²) >= 11 is 11.2. The summed E-state index contributed by atoms with van der Waals surface area (Å²) < 4.78 is 4.91. The highest BCUT2D eigenvalue weighted by Gasteiger charge is 2.23. The Balaban J connectivity index is 2.33. The molecule has 0 radical (unpaired) electrons. The van der Waals surface area contributed by atoms with Gasteiger partial charge in [-0.15, -0.1) is 23.2 Å². The lowest BCUT2D eigenvalue weighted by Gasteiger charge is -1.96. The quantitative estimate of drug-likeness (QED) is 0.461. The fraction of sp³-hybridized carbons (Fsp3) is 1.00. The Morgan fingerprint density at radius 1 is 1.14 bits per heavy atom. The molecule has 0 N–H and O–H groups in total. The summed E-state index contributed by atoms with van der Waals surface area (Å²) in [6.07, 6.45) is 0. The minimum Gasteiger partial charge on any atom is -0.378 e. The van der Waals surface area contributed by atoms with Crippen molar-refractivity contribution in [3.8, 4) is 0 Å². The zero-order valence-corrected chi connectivity index (χ0v) is 5.24. The minimum absolute atomic E-state index is 0.0293. The van der Waals surface area contributed by atoms with Crippen LogP contribution in [0.4, 0.5) is 0 Å². The van der Waals surface area contributed by atoms with Gasteiger partial charge in [-0.1, -0.05) is 0 Å².